The molecular weight excluding hydrogens is 473 g/mol. The fourth-order valence-corrected chi connectivity index (χ4v) is 4.77. The van der Waals surface area contributed by atoms with Crippen LogP contribution in [0.1, 0.15) is 0 Å². The lowest BCUT2D eigenvalue weighted by Crippen LogP contribution is -2.14. The number of halogens is 2. The smallest absolute Gasteiger partial charge is 0.234 e. The monoisotopic (exact) mass is 487 g/mol. The topological polar surface area (TPSA) is 65.4 Å². The second kappa shape index (κ2) is 9.82. The highest BCUT2D eigenvalue weighted by Gasteiger charge is 2.12. The Hall–Kier alpha value is -1.78. The van der Waals surface area contributed by atoms with Crippen LogP contribution in [-0.4, -0.2) is 35.7 Å². The minimum absolute atomic E-state index is 0.166. The molecule has 1 amide bonds. The Kier molecular flexibility index (Phi) is 7.42. The number of ether oxygens (including phenoxy) is 2. The van der Waals surface area contributed by atoms with Crippen molar-refractivity contribution in [3.8, 4) is 17.2 Å². The second-order valence-corrected chi connectivity index (χ2v) is 9.21. The van der Waals surface area contributed by atoms with Crippen molar-refractivity contribution in [1.29, 1.82) is 0 Å². The molecule has 0 radical (unpaired) electrons. The number of hydrogen-bond donors (Lipinski definition) is 1. The van der Waals surface area contributed by atoms with E-state index in [9.17, 15) is 4.79 Å². The van der Waals surface area contributed by atoms with Crippen molar-refractivity contribution in [3.05, 3.63) is 50.4 Å². The standard InChI is InChI=1S/C18H15Cl2N3O3S3/c1-25-11-4-6-14(15(8-11)26-2)21-16(24)9-28-17-22-23(18(27)29-17)10-3-5-12(19)13(20)7-10/h3-8H,9H2,1-2H3,(H,21,24). The van der Waals surface area contributed by atoms with E-state index in [0.29, 0.717) is 41.2 Å². The molecule has 11 heteroatoms. The number of benzene rings is 2. The summed E-state index contributed by atoms with van der Waals surface area (Å²) in [5.41, 5.74) is 1.27. The van der Waals surface area contributed by atoms with E-state index >= 15 is 0 Å². The van der Waals surface area contributed by atoms with E-state index in [2.05, 4.69) is 10.4 Å². The molecule has 6 nitrogen and oxygen atoms in total. The van der Waals surface area contributed by atoms with Crippen LogP contribution in [0.2, 0.25) is 10.0 Å². The SMILES string of the molecule is COc1ccc(NC(=O)CSc2nn(-c3ccc(Cl)c(Cl)c3)c(=S)s2)c(OC)c1. The molecule has 29 heavy (non-hydrogen) atoms. The summed E-state index contributed by atoms with van der Waals surface area (Å²) in [7, 11) is 3.09. The number of carbonyl (C=O) groups excluding carboxylic acids is 1. The van der Waals surface area contributed by atoms with E-state index in [1.54, 1.807) is 48.2 Å². The van der Waals surface area contributed by atoms with Gasteiger partial charge >= 0.3 is 0 Å². The van der Waals surface area contributed by atoms with Crippen molar-refractivity contribution in [2.45, 2.75) is 4.34 Å². The van der Waals surface area contributed by atoms with Gasteiger partial charge in [-0.1, -0.05) is 46.3 Å². The molecule has 0 aliphatic heterocycles. The molecule has 1 N–H and O–H groups in total. The van der Waals surface area contributed by atoms with E-state index in [0.717, 1.165) is 0 Å². The van der Waals surface area contributed by atoms with Crippen LogP contribution in [-0.2, 0) is 4.79 Å². The molecule has 152 valence electrons. The summed E-state index contributed by atoms with van der Waals surface area (Å²) in [6.45, 7) is 0. The Morgan fingerprint density at radius 2 is 2.00 bits per heavy atom. The molecule has 0 saturated heterocycles. The minimum Gasteiger partial charge on any atom is -0.497 e. The van der Waals surface area contributed by atoms with Crippen LogP contribution in [0.5, 0.6) is 11.5 Å². The summed E-state index contributed by atoms with van der Waals surface area (Å²) in [6.07, 6.45) is 0. The first-order chi connectivity index (χ1) is 13.9. The zero-order chi connectivity index (χ0) is 21.0. The lowest BCUT2D eigenvalue weighted by atomic mass is 10.2. The average molecular weight is 488 g/mol. The average Bonchev–Trinajstić information content (AvgIpc) is 3.09. The maximum absolute atomic E-state index is 12.3. The van der Waals surface area contributed by atoms with Crippen LogP contribution in [0.25, 0.3) is 5.69 Å². The van der Waals surface area contributed by atoms with Crippen LogP contribution in [0.15, 0.2) is 40.7 Å². The number of nitrogens with one attached hydrogen (secondary N) is 1. The third-order valence-corrected chi connectivity index (χ3v) is 6.79. The fraction of sp³-hybridized carbons (Fsp3) is 0.167. The van der Waals surface area contributed by atoms with Gasteiger partial charge in [-0.25, -0.2) is 4.68 Å². The molecule has 3 aromatic rings. The first-order valence-electron chi connectivity index (χ1n) is 8.11. The van der Waals surface area contributed by atoms with E-state index in [4.69, 9.17) is 44.9 Å². The van der Waals surface area contributed by atoms with Crippen LogP contribution in [0.3, 0.4) is 0 Å². The maximum atomic E-state index is 12.3. The minimum atomic E-state index is -0.194. The predicted molar refractivity (Wildman–Crippen MR) is 121 cm³/mol. The van der Waals surface area contributed by atoms with Crippen LogP contribution in [0, 0.1) is 3.95 Å². The first-order valence-corrected chi connectivity index (χ1v) is 11.1. The number of amides is 1. The molecular formula is C18H15Cl2N3O3S3. The van der Waals surface area contributed by atoms with Crippen molar-refractivity contribution >= 4 is 70.1 Å². The molecule has 1 aromatic heterocycles. The summed E-state index contributed by atoms with van der Waals surface area (Å²) in [6, 6.07) is 10.3. The predicted octanol–water partition coefficient (Wildman–Crippen LogP) is 5.72. The maximum Gasteiger partial charge on any atom is 0.234 e. The quantitative estimate of drug-likeness (QED) is 0.339. The van der Waals surface area contributed by atoms with Gasteiger partial charge in [-0.2, -0.15) is 0 Å². The molecule has 0 fully saturated rings. The van der Waals surface area contributed by atoms with Gasteiger partial charge in [0, 0.05) is 6.07 Å². The van der Waals surface area contributed by atoms with Gasteiger partial charge in [0.2, 0.25) is 5.91 Å². The van der Waals surface area contributed by atoms with Gasteiger partial charge in [0.15, 0.2) is 8.29 Å². The summed E-state index contributed by atoms with van der Waals surface area (Å²) >= 11 is 20.0. The molecule has 0 saturated carbocycles. The number of carbonyl (C=O) groups is 1. The van der Waals surface area contributed by atoms with Gasteiger partial charge in [-0.3, -0.25) is 4.79 Å². The highest BCUT2D eigenvalue weighted by molar-refractivity contribution is 8.01. The highest BCUT2D eigenvalue weighted by Crippen LogP contribution is 2.30. The van der Waals surface area contributed by atoms with Crippen molar-refractivity contribution in [1.82, 2.24) is 9.78 Å². The van der Waals surface area contributed by atoms with Gasteiger partial charge in [-0.05, 0) is 42.5 Å². The van der Waals surface area contributed by atoms with Crippen LogP contribution in [0.4, 0.5) is 5.69 Å². The molecule has 0 atom stereocenters. The zero-order valence-corrected chi connectivity index (χ0v) is 19.2. The first kappa shape index (κ1) is 21.9. The molecule has 0 aliphatic rings. The van der Waals surface area contributed by atoms with Crippen LogP contribution >= 0.6 is 58.5 Å². The van der Waals surface area contributed by atoms with E-state index in [-0.39, 0.29) is 11.7 Å². The summed E-state index contributed by atoms with van der Waals surface area (Å²) in [5, 5.41) is 8.15. The normalized spacial score (nSPS) is 10.6. The second-order valence-electron chi connectivity index (χ2n) is 5.55. The Morgan fingerprint density at radius 3 is 2.69 bits per heavy atom. The Morgan fingerprint density at radius 1 is 1.21 bits per heavy atom. The van der Waals surface area contributed by atoms with Gasteiger partial charge < -0.3 is 14.8 Å². The molecule has 0 unspecified atom stereocenters. The number of nitrogens with zero attached hydrogens (tertiary/aromatic N) is 2. The molecule has 3 rings (SSSR count). The van der Waals surface area contributed by atoms with Crippen molar-refractivity contribution in [2.24, 2.45) is 0 Å². The number of methoxy groups -OCH3 is 2. The third kappa shape index (κ3) is 5.43. The zero-order valence-electron chi connectivity index (χ0n) is 15.3. The highest BCUT2D eigenvalue weighted by atomic mass is 35.5. The van der Waals surface area contributed by atoms with Crippen LogP contribution < -0.4 is 14.8 Å². The van der Waals surface area contributed by atoms with Crippen molar-refractivity contribution in [3.63, 3.8) is 0 Å². The van der Waals surface area contributed by atoms with Crippen molar-refractivity contribution in [2.75, 3.05) is 25.3 Å². The largest absolute Gasteiger partial charge is 0.497 e. The molecule has 0 aliphatic carbocycles. The Balaban J connectivity index is 1.67. The lowest BCUT2D eigenvalue weighted by Gasteiger charge is -2.11. The van der Waals surface area contributed by atoms with E-state index in [1.165, 1.54) is 30.2 Å². The molecule has 2 aromatic carbocycles. The number of hydrogen-bond acceptors (Lipinski definition) is 7. The lowest BCUT2D eigenvalue weighted by molar-refractivity contribution is -0.113. The summed E-state index contributed by atoms with van der Waals surface area (Å²) < 4.78 is 13.2. The van der Waals surface area contributed by atoms with Crippen molar-refractivity contribution < 1.29 is 14.3 Å². The number of aromatic nitrogens is 2. The van der Waals surface area contributed by atoms with Gasteiger partial charge in [0.1, 0.15) is 11.5 Å². The molecule has 1 heterocycles. The van der Waals surface area contributed by atoms with Gasteiger partial charge in [-0.15, -0.1) is 5.10 Å². The van der Waals surface area contributed by atoms with E-state index in [1.807, 2.05) is 0 Å². The van der Waals surface area contributed by atoms with E-state index < -0.39 is 0 Å². The van der Waals surface area contributed by atoms with Gasteiger partial charge in [0.25, 0.3) is 0 Å². The fourth-order valence-electron chi connectivity index (χ4n) is 2.31. The van der Waals surface area contributed by atoms with Gasteiger partial charge in [0.05, 0.1) is 41.4 Å². The summed E-state index contributed by atoms with van der Waals surface area (Å²) in [4.78, 5) is 12.3. The molecule has 0 spiro atoms. The Bertz CT molecular complexity index is 1100. The number of anilines is 1. The number of rotatable bonds is 7. The molecule has 0 bridgehead atoms. The number of thioether (sulfide) groups is 1. The summed E-state index contributed by atoms with van der Waals surface area (Å²) in [5.74, 6) is 1.13. The third-order valence-electron chi connectivity index (χ3n) is 3.69. The Labute approximate surface area is 190 Å².